The first-order valence-corrected chi connectivity index (χ1v) is 11.2. The molecule has 34 heavy (non-hydrogen) atoms. The Morgan fingerprint density at radius 2 is 1.97 bits per heavy atom. The van der Waals surface area contributed by atoms with Crippen molar-refractivity contribution >= 4 is 11.8 Å². The number of nitrogens with one attached hydrogen (secondary N) is 1. The van der Waals surface area contributed by atoms with Crippen LogP contribution in [0.3, 0.4) is 0 Å². The van der Waals surface area contributed by atoms with E-state index in [0.29, 0.717) is 48.1 Å². The zero-order chi connectivity index (χ0) is 23.5. The number of para-hydroxylation sites is 1. The molecule has 2 aromatic carbocycles. The molecule has 1 unspecified atom stereocenters. The van der Waals surface area contributed by atoms with Crippen molar-refractivity contribution in [1.82, 2.24) is 15.4 Å². The molecule has 0 aliphatic carbocycles. The molecule has 2 aliphatic heterocycles. The number of carbonyl (C=O) groups is 2. The SMILES string of the molecule is COc1ccccc1-c1cc(C(=O)N2CCCCC2C(=O)NCc2ccc3c(c2)OCO3)no1. The maximum Gasteiger partial charge on any atom is 0.276 e. The first kappa shape index (κ1) is 21.8. The largest absolute Gasteiger partial charge is 0.496 e. The molecule has 3 aromatic rings. The number of aromatic nitrogens is 1. The molecule has 1 N–H and O–H groups in total. The molecule has 9 nitrogen and oxygen atoms in total. The number of likely N-dealkylation sites (tertiary alicyclic amines) is 1. The van der Waals surface area contributed by atoms with Gasteiger partial charge in [0.2, 0.25) is 12.7 Å². The zero-order valence-electron chi connectivity index (χ0n) is 18.8. The highest BCUT2D eigenvalue weighted by Crippen LogP contribution is 2.33. The Bertz CT molecular complexity index is 1210. The highest BCUT2D eigenvalue weighted by molar-refractivity contribution is 5.97. The van der Waals surface area contributed by atoms with Crippen LogP contribution < -0.4 is 19.5 Å². The van der Waals surface area contributed by atoms with Crippen LogP contribution in [0.25, 0.3) is 11.3 Å². The van der Waals surface area contributed by atoms with Crippen LogP contribution in [0.2, 0.25) is 0 Å². The van der Waals surface area contributed by atoms with E-state index in [4.69, 9.17) is 18.7 Å². The van der Waals surface area contributed by atoms with Gasteiger partial charge in [0.05, 0.1) is 12.7 Å². The summed E-state index contributed by atoms with van der Waals surface area (Å²) in [5.74, 6) is 1.89. The Morgan fingerprint density at radius 3 is 2.85 bits per heavy atom. The van der Waals surface area contributed by atoms with Crippen molar-refractivity contribution in [2.75, 3.05) is 20.4 Å². The summed E-state index contributed by atoms with van der Waals surface area (Å²) in [6, 6.07) is 13.9. The molecular weight excluding hydrogens is 438 g/mol. The number of amides is 2. The highest BCUT2D eigenvalue weighted by atomic mass is 16.7. The number of ether oxygens (including phenoxy) is 3. The quantitative estimate of drug-likeness (QED) is 0.598. The molecule has 1 aromatic heterocycles. The highest BCUT2D eigenvalue weighted by Gasteiger charge is 2.34. The zero-order valence-corrected chi connectivity index (χ0v) is 18.8. The van der Waals surface area contributed by atoms with Crippen LogP contribution in [0, 0.1) is 0 Å². The molecule has 3 heterocycles. The molecule has 0 saturated carbocycles. The van der Waals surface area contributed by atoms with Gasteiger partial charge in [-0.05, 0) is 49.1 Å². The van der Waals surface area contributed by atoms with Gasteiger partial charge < -0.3 is 29.0 Å². The second-order valence-corrected chi connectivity index (χ2v) is 8.19. The van der Waals surface area contributed by atoms with Gasteiger partial charge in [-0.15, -0.1) is 0 Å². The van der Waals surface area contributed by atoms with E-state index in [2.05, 4.69) is 10.5 Å². The van der Waals surface area contributed by atoms with E-state index in [9.17, 15) is 9.59 Å². The summed E-state index contributed by atoms with van der Waals surface area (Å²) < 4.78 is 21.5. The van der Waals surface area contributed by atoms with Crippen LogP contribution in [0.15, 0.2) is 53.1 Å². The molecular formula is C25H25N3O6. The average molecular weight is 463 g/mol. The summed E-state index contributed by atoms with van der Waals surface area (Å²) in [5, 5.41) is 6.94. The summed E-state index contributed by atoms with van der Waals surface area (Å²) in [4.78, 5) is 27.9. The van der Waals surface area contributed by atoms with Crippen LogP contribution in [-0.2, 0) is 11.3 Å². The van der Waals surface area contributed by atoms with Gasteiger partial charge in [-0.3, -0.25) is 9.59 Å². The number of methoxy groups -OCH3 is 1. The van der Waals surface area contributed by atoms with E-state index in [0.717, 1.165) is 18.4 Å². The van der Waals surface area contributed by atoms with Crippen molar-refractivity contribution in [2.45, 2.75) is 31.8 Å². The molecule has 0 spiro atoms. The molecule has 176 valence electrons. The van der Waals surface area contributed by atoms with Gasteiger partial charge >= 0.3 is 0 Å². The predicted molar refractivity (Wildman–Crippen MR) is 122 cm³/mol. The van der Waals surface area contributed by atoms with Crippen molar-refractivity contribution in [2.24, 2.45) is 0 Å². The van der Waals surface area contributed by atoms with E-state index >= 15 is 0 Å². The van der Waals surface area contributed by atoms with Crippen molar-refractivity contribution in [1.29, 1.82) is 0 Å². The topological polar surface area (TPSA) is 103 Å². The number of nitrogens with zero attached hydrogens (tertiary/aromatic N) is 2. The van der Waals surface area contributed by atoms with Crippen LogP contribution in [0.4, 0.5) is 0 Å². The smallest absolute Gasteiger partial charge is 0.276 e. The van der Waals surface area contributed by atoms with E-state index in [1.54, 1.807) is 18.1 Å². The Balaban J connectivity index is 1.28. The third kappa shape index (κ3) is 4.28. The Kier molecular flexibility index (Phi) is 6.07. The van der Waals surface area contributed by atoms with Gasteiger partial charge in [-0.1, -0.05) is 23.4 Å². The fourth-order valence-corrected chi connectivity index (χ4v) is 4.30. The Labute approximate surface area is 196 Å². The lowest BCUT2D eigenvalue weighted by atomic mass is 10.0. The molecule has 1 fully saturated rings. The van der Waals surface area contributed by atoms with Crippen molar-refractivity contribution in [3.63, 3.8) is 0 Å². The lowest BCUT2D eigenvalue weighted by Crippen LogP contribution is -2.51. The molecule has 1 saturated heterocycles. The minimum Gasteiger partial charge on any atom is -0.496 e. The van der Waals surface area contributed by atoms with Crippen LogP contribution in [-0.4, -0.2) is 48.4 Å². The second kappa shape index (κ2) is 9.46. The molecule has 2 aliphatic rings. The number of benzene rings is 2. The third-order valence-corrected chi connectivity index (χ3v) is 6.07. The fraction of sp³-hybridized carbons (Fsp3) is 0.320. The van der Waals surface area contributed by atoms with Gasteiger partial charge in [0, 0.05) is 19.2 Å². The summed E-state index contributed by atoms with van der Waals surface area (Å²) in [7, 11) is 1.57. The van der Waals surface area contributed by atoms with Gasteiger partial charge in [0.25, 0.3) is 5.91 Å². The van der Waals surface area contributed by atoms with Gasteiger partial charge in [-0.25, -0.2) is 0 Å². The summed E-state index contributed by atoms with van der Waals surface area (Å²) in [6.45, 7) is 1.01. The second-order valence-electron chi connectivity index (χ2n) is 8.19. The minimum absolute atomic E-state index is 0.163. The summed E-state index contributed by atoms with van der Waals surface area (Å²) >= 11 is 0. The number of carbonyl (C=O) groups excluding carboxylic acids is 2. The van der Waals surface area contributed by atoms with Crippen LogP contribution >= 0.6 is 0 Å². The molecule has 0 bridgehead atoms. The van der Waals surface area contributed by atoms with Gasteiger partial charge in [0.15, 0.2) is 23.0 Å². The molecule has 1 atom stereocenters. The molecule has 2 amide bonds. The number of hydrogen-bond donors (Lipinski definition) is 1. The number of piperidine rings is 1. The molecule has 0 radical (unpaired) electrons. The lowest BCUT2D eigenvalue weighted by Gasteiger charge is -2.34. The normalized spacial score (nSPS) is 16.9. The first-order valence-electron chi connectivity index (χ1n) is 11.2. The minimum atomic E-state index is -0.568. The van der Waals surface area contributed by atoms with Crippen LogP contribution in [0.5, 0.6) is 17.2 Å². The van der Waals surface area contributed by atoms with Crippen molar-refractivity contribution in [3.05, 3.63) is 59.8 Å². The lowest BCUT2D eigenvalue weighted by molar-refractivity contribution is -0.126. The standard InChI is InChI=1S/C25H25N3O6/c1-31-20-8-3-2-6-17(20)22-13-18(27-34-22)25(30)28-11-5-4-7-19(28)24(29)26-14-16-9-10-21-23(12-16)33-15-32-21/h2-3,6,8-10,12-13,19H,4-5,7,11,14-15H2,1H3,(H,26,29). The number of rotatable bonds is 6. The first-order chi connectivity index (χ1) is 16.6. The number of hydrogen-bond acceptors (Lipinski definition) is 7. The molecule has 9 heteroatoms. The van der Waals surface area contributed by atoms with Crippen molar-refractivity contribution < 1.29 is 28.3 Å². The third-order valence-electron chi connectivity index (χ3n) is 6.07. The Hall–Kier alpha value is -4.01. The van der Waals surface area contributed by atoms with Gasteiger partial charge in [0.1, 0.15) is 11.8 Å². The van der Waals surface area contributed by atoms with Crippen LogP contribution in [0.1, 0.15) is 35.3 Å². The van der Waals surface area contributed by atoms with Gasteiger partial charge in [-0.2, -0.15) is 0 Å². The average Bonchev–Trinajstić information content (AvgIpc) is 3.56. The summed E-state index contributed by atoms with van der Waals surface area (Å²) in [5.41, 5.74) is 1.76. The maximum absolute atomic E-state index is 13.3. The van der Waals surface area contributed by atoms with E-state index < -0.39 is 6.04 Å². The predicted octanol–water partition coefficient (Wildman–Crippen LogP) is 3.39. The molecule has 5 rings (SSSR count). The van der Waals surface area contributed by atoms with E-state index in [1.807, 2.05) is 42.5 Å². The summed E-state index contributed by atoms with van der Waals surface area (Å²) in [6.07, 6.45) is 2.29. The van der Waals surface area contributed by atoms with Crippen molar-refractivity contribution in [3.8, 4) is 28.6 Å². The van der Waals surface area contributed by atoms with E-state index in [-0.39, 0.29) is 24.3 Å². The van der Waals surface area contributed by atoms with E-state index in [1.165, 1.54) is 0 Å². The monoisotopic (exact) mass is 463 g/mol. The Morgan fingerprint density at radius 1 is 1.12 bits per heavy atom. The fourth-order valence-electron chi connectivity index (χ4n) is 4.30. The number of fused-ring (bicyclic) bond motifs is 1. The maximum atomic E-state index is 13.3.